The van der Waals surface area contributed by atoms with Crippen LogP contribution in [0.1, 0.15) is 55.1 Å². The summed E-state index contributed by atoms with van der Waals surface area (Å²) in [7, 11) is 3.74. The van der Waals surface area contributed by atoms with E-state index in [-0.39, 0.29) is 46.2 Å². The molecule has 0 saturated heterocycles. The summed E-state index contributed by atoms with van der Waals surface area (Å²) >= 11 is 0. The number of anilines is 1. The first kappa shape index (κ1) is 25.8. The highest BCUT2D eigenvalue weighted by atomic mass is 16.3. The number of nitrogens with two attached hydrogens (primary N) is 1. The molecular weight excluding hydrogens is 462 g/mol. The molecule has 3 aliphatic carbocycles. The van der Waals surface area contributed by atoms with E-state index in [1.165, 1.54) is 0 Å². The van der Waals surface area contributed by atoms with E-state index in [9.17, 15) is 29.7 Å². The van der Waals surface area contributed by atoms with Crippen molar-refractivity contribution >= 4 is 23.2 Å². The molecule has 0 aliphatic heterocycles. The summed E-state index contributed by atoms with van der Waals surface area (Å²) in [5.74, 6) is -5.18. The normalized spacial score (nSPS) is 23.9. The number of fused-ring (bicyclic) bond motifs is 3. The van der Waals surface area contributed by atoms with Crippen molar-refractivity contribution in [2.75, 3.05) is 25.5 Å². The minimum atomic E-state index is -1.12. The molecule has 3 unspecified atom stereocenters. The number of nitrogens with one attached hydrogen (secondary N) is 1. The first-order valence-electron chi connectivity index (χ1n) is 12.2. The number of phenolic OH excluding ortho intramolecular Hbond substituents is 1. The fourth-order valence-corrected chi connectivity index (χ4v) is 5.85. The molecule has 36 heavy (non-hydrogen) atoms. The zero-order chi connectivity index (χ0) is 26.7. The van der Waals surface area contributed by atoms with Crippen molar-refractivity contribution in [2.45, 2.75) is 46.6 Å². The Balaban J connectivity index is 1.80. The molecule has 6 N–H and O–H groups in total. The monoisotopic (exact) mass is 497 g/mol. The van der Waals surface area contributed by atoms with Gasteiger partial charge in [-0.15, -0.1) is 0 Å². The Morgan fingerprint density at radius 3 is 2.42 bits per heavy atom. The minimum Gasteiger partial charge on any atom is -0.511 e. The van der Waals surface area contributed by atoms with Gasteiger partial charge in [-0.1, -0.05) is 20.8 Å². The lowest BCUT2D eigenvalue weighted by atomic mass is 9.62. The highest BCUT2D eigenvalue weighted by Crippen LogP contribution is 2.51. The Morgan fingerprint density at radius 2 is 1.83 bits per heavy atom. The number of carbonyl (C=O) groups excluding carboxylic acids is 3. The molecule has 0 radical (unpaired) electrons. The third kappa shape index (κ3) is 4.25. The molecule has 0 spiro atoms. The molecule has 0 heterocycles. The standard InChI is InChI=1S/C27H35N3O6/c1-27(2,3)11-29-10-14-8-16(30(4)5)15-7-12-6-13-9-17(31)21(26(28)36)25(35)19(13)23(33)18(12)24(34)20(15)22(14)32/h8,12-13,19,29,31-33H,6-7,9-11H2,1-5H3,(H2,28,36). The van der Waals surface area contributed by atoms with Gasteiger partial charge in [0.2, 0.25) is 0 Å². The van der Waals surface area contributed by atoms with Crippen molar-refractivity contribution < 1.29 is 29.7 Å². The van der Waals surface area contributed by atoms with Crippen LogP contribution in [0.15, 0.2) is 28.7 Å². The van der Waals surface area contributed by atoms with Gasteiger partial charge in [0, 0.05) is 50.4 Å². The second-order valence-corrected chi connectivity index (χ2v) is 11.6. The molecule has 0 saturated carbocycles. The number of hydrogen-bond acceptors (Lipinski definition) is 8. The van der Waals surface area contributed by atoms with Gasteiger partial charge in [0.25, 0.3) is 5.91 Å². The van der Waals surface area contributed by atoms with Crippen LogP contribution in [0.25, 0.3) is 0 Å². The fourth-order valence-electron chi connectivity index (χ4n) is 5.85. The van der Waals surface area contributed by atoms with E-state index >= 15 is 0 Å². The van der Waals surface area contributed by atoms with Crippen molar-refractivity contribution in [3.8, 4) is 5.75 Å². The van der Waals surface area contributed by atoms with Crippen molar-refractivity contribution in [3.05, 3.63) is 45.4 Å². The van der Waals surface area contributed by atoms with E-state index in [0.717, 1.165) is 5.69 Å². The van der Waals surface area contributed by atoms with Crippen LogP contribution in [0, 0.1) is 23.2 Å². The first-order valence-corrected chi connectivity index (χ1v) is 12.2. The molecule has 1 aromatic carbocycles. The van der Waals surface area contributed by atoms with E-state index in [1.54, 1.807) is 0 Å². The van der Waals surface area contributed by atoms with Crippen LogP contribution < -0.4 is 16.0 Å². The Labute approximate surface area is 210 Å². The zero-order valence-corrected chi connectivity index (χ0v) is 21.4. The maximum atomic E-state index is 13.8. The predicted molar refractivity (Wildman–Crippen MR) is 135 cm³/mol. The molecule has 0 fully saturated rings. The number of ketones is 2. The number of phenols is 1. The molecule has 9 heteroatoms. The quantitative estimate of drug-likeness (QED) is 0.389. The summed E-state index contributed by atoms with van der Waals surface area (Å²) in [6, 6.07) is 1.88. The maximum Gasteiger partial charge on any atom is 0.255 e. The Hall–Kier alpha value is -3.33. The van der Waals surface area contributed by atoms with Crippen molar-refractivity contribution in [1.82, 2.24) is 5.32 Å². The number of amides is 1. The van der Waals surface area contributed by atoms with Gasteiger partial charge in [0.15, 0.2) is 11.6 Å². The number of hydrogen-bond donors (Lipinski definition) is 5. The highest BCUT2D eigenvalue weighted by molar-refractivity contribution is 6.22. The van der Waals surface area contributed by atoms with Gasteiger partial charge in [-0.25, -0.2) is 0 Å². The summed E-state index contributed by atoms with van der Waals surface area (Å²) in [5, 5.41) is 36.0. The summed E-state index contributed by atoms with van der Waals surface area (Å²) < 4.78 is 0. The first-order chi connectivity index (χ1) is 16.7. The third-order valence-corrected chi connectivity index (χ3v) is 7.39. The fraction of sp³-hybridized carbons (Fsp3) is 0.519. The number of carbonyl (C=O) groups is 3. The van der Waals surface area contributed by atoms with Gasteiger partial charge >= 0.3 is 0 Å². The highest BCUT2D eigenvalue weighted by Gasteiger charge is 2.50. The molecule has 194 valence electrons. The van der Waals surface area contributed by atoms with Crippen molar-refractivity contribution in [2.24, 2.45) is 28.9 Å². The number of nitrogens with zero attached hydrogens (tertiary/aromatic N) is 1. The van der Waals surface area contributed by atoms with Crippen LogP contribution in [0.2, 0.25) is 0 Å². The molecular formula is C27H35N3O6. The largest absolute Gasteiger partial charge is 0.511 e. The van der Waals surface area contributed by atoms with Crippen LogP contribution in [-0.4, -0.2) is 53.4 Å². The lowest BCUT2D eigenvalue weighted by Gasteiger charge is -2.41. The summed E-state index contributed by atoms with van der Waals surface area (Å²) in [5.41, 5.74) is 7.13. The Morgan fingerprint density at radius 1 is 1.17 bits per heavy atom. The zero-order valence-electron chi connectivity index (χ0n) is 21.4. The molecule has 3 aliphatic rings. The Kier molecular flexibility index (Phi) is 6.41. The summed E-state index contributed by atoms with van der Waals surface area (Å²) in [4.78, 5) is 40.5. The molecule has 1 amide bonds. The van der Waals surface area contributed by atoms with Crippen LogP contribution in [-0.2, 0) is 22.6 Å². The number of benzene rings is 1. The number of rotatable bonds is 5. The van der Waals surface area contributed by atoms with Gasteiger partial charge in [0.1, 0.15) is 22.8 Å². The van der Waals surface area contributed by atoms with E-state index < -0.39 is 34.9 Å². The van der Waals surface area contributed by atoms with Gasteiger partial charge in [-0.05, 0) is 41.7 Å². The van der Waals surface area contributed by atoms with Crippen LogP contribution in [0.3, 0.4) is 0 Å². The van der Waals surface area contributed by atoms with E-state index in [0.29, 0.717) is 37.1 Å². The molecule has 3 atom stereocenters. The summed E-state index contributed by atoms with van der Waals surface area (Å²) in [6.07, 6.45) is 0.787. The van der Waals surface area contributed by atoms with Crippen LogP contribution in [0.5, 0.6) is 5.75 Å². The maximum absolute atomic E-state index is 13.8. The van der Waals surface area contributed by atoms with Gasteiger partial charge in [-0.2, -0.15) is 0 Å². The lowest BCUT2D eigenvalue weighted by molar-refractivity contribution is -0.126. The third-order valence-electron chi connectivity index (χ3n) is 7.39. The van der Waals surface area contributed by atoms with Gasteiger partial charge in [-0.3, -0.25) is 14.4 Å². The van der Waals surface area contributed by atoms with Crippen LogP contribution >= 0.6 is 0 Å². The predicted octanol–water partition coefficient (Wildman–Crippen LogP) is 2.67. The van der Waals surface area contributed by atoms with Gasteiger partial charge < -0.3 is 31.3 Å². The van der Waals surface area contributed by atoms with Crippen molar-refractivity contribution in [1.29, 1.82) is 0 Å². The second kappa shape index (κ2) is 8.96. The Bertz CT molecular complexity index is 1220. The van der Waals surface area contributed by atoms with E-state index in [4.69, 9.17) is 5.73 Å². The van der Waals surface area contributed by atoms with Gasteiger partial charge in [0.05, 0.1) is 11.5 Å². The smallest absolute Gasteiger partial charge is 0.255 e. The number of aliphatic hydroxyl groups is 2. The number of aliphatic hydroxyl groups excluding tert-OH is 2. The minimum absolute atomic E-state index is 0.0216. The molecule has 9 nitrogen and oxygen atoms in total. The average Bonchev–Trinajstić information content (AvgIpc) is 2.73. The average molecular weight is 498 g/mol. The number of allylic oxidation sites excluding steroid dienone is 3. The second-order valence-electron chi connectivity index (χ2n) is 11.6. The number of aromatic hydroxyl groups is 1. The lowest BCUT2D eigenvalue weighted by Crippen LogP contribution is -2.43. The molecule has 0 aromatic heterocycles. The van der Waals surface area contributed by atoms with E-state index in [1.807, 2.05) is 25.1 Å². The summed E-state index contributed by atoms with van der Waals surface area (Å²) in [6.45, 7) is 7.35. The number of primary amides is 1. The molecule has 0 bridgehead atoms. The molecule has 1 aromatic rings. The molecule has 4 rings (SSSR count). The van der Waals surface area contributed by atoms with Crippen molar-refractivity contribution in [3.63, 3.8) is 0 Å². The number of Topliss-reactive ketones (excluding diaryl/α,β-unsaturated/α-hetero) is 2. The SMILES string of the molecule is CN(C)c1cc(CNCC(C)(C)C)c(O)c2c1CC1CC3CC(O)=C(C(N)=O)C(=O)C3C(O)=C1C2=O. The van der Waals surface area contributed by atoms with Crippen LogP contribution in [0.4, 0.5) is 5.69 Å². The van der Waals surface area contributed by atoms with E-state index in [2.05, 4.69) is 26.1 Å². The topological polar surface area (TPSA) is 153 Å².